The van der Waals surface area contributed by atoms with Gasteiger partial charge in [-0.3, -0.25) is 14.3 Å². The van der Waals surface area contributed by atoms with Crippen molar-refractivity contribution in [3.8, 4) is 0 Å². The highest BCUT2D eigenvalue weighted by atomic mass is 32.2. The molecule has 1 unspecified atom stereocenters. The molecule has 168 valence electrons. The average molecular weight is 466 g/mol. The first kappa shape index (κ1) is 23.5. The number of carbonyl (C=O) groups excluding carboxylic acids is 1. The minimum Gasteiger partial charge on any atom is -0.396 e. The SMILES string of the molecule is CCOCCCO/N=C(/C(=O)Nc1ncc(CCO)s1)c1ccc(S(=O)C2CC2)cc1. The number of thiazole rings is 1. The fraction of sp³-hybridized carbons (Fsp3) is 0.476. The molecule has 1 aromatic carbocycles. The zero-order valence-corrected chi connectivity index (χ0v) is 19.0. The lowest BCUT2D eigenvalue weighted by molar-refractivity contribution is -0.110. The van der Waals surface area contributed by atoms with E-state index >= 15 is 0 Å². The highest BCUT2D eigenvalue weighted by molar-refractivity contribution is 7.86. The molecule has 0 spiro atoms. The molecular formula is C21H27N3O5S2. The minimum absolute atomic E-state index is 0.0203. The average Bonchev–Trinajstić information content (AvgIpc) is 3.54. The van der Waals surface area contributed by atoms with Crippen molar-refractivity contribution in [3.63, 3.8) is 0 Å². The molecule has 1 amide bonds. The van der Waals surface area contributed by atoms with Crippen molar-refractivity contribution in [2.24, 2.45) is 5.16 Å². The van der Waals surface area contributed by atoms with Gasteiger partial charge >= 0.3 is 0 Å². The van der Waals surface area contributed by atoms with E-state index in [0.29, 0.717) is 43.4 Å². The van der Waals surface area contributed by atoms with Crippen LogP contribution in [0, 0.1) is 0 Å². The van der Waals surface area contributed by atoms with Gasteiger partial charge in [0.2, 0.25) is 0 Å². The van der Waals surface area contributed by atoms with E-state index in [1.165, 1.54) is 11.3 Å². The van der Waals surface area contributed by atoms with Gasteiger partial charge in [0.1, 0.15) is 6.61 Å². The van der Waals surface area contributed by atoms with Gasteiger partial charge in [0.25, 0.3) is 5.91 Å². The maximum atomic E-state index is 12.9. The van der Waals surface area contributed by atoms with Crippen molar-refractivity contribution < 1.29 is 23.7 Å². The standard InChI is InChI=1S/C21H27N3O5S2/c1-2-28-12-3-13-29-24-19(20(26)23-21-22-14-16(30-21)10-11-25)15-4-6-17(7-5-15)31(27)18-8-9-18/h4-7,14,18,25H,2-3,8-13H2,1H3,(H,22,23,26)/b24-19+. The highest BCUT2D eigenvalue weighted by Crippen LogP contribution is 2.30. The third-order valence-electron chi connectivity index (χ3n) is 4.42. The first-order chi connectivity index (χ1) is 15.1. The second kappa shape index (κ2) is 12.0. The lowest BCUT2D eigenvalue weighted by Gasteiger charge is -2.08. The fourth-order valence-electron chi connectivity index (χ4n) is 2.67. The van der Waals surface area contributed by atoms with E-state index in [2.05, 4.69) is 15.5 Å². The summed E-state index contributed by atoms with van der Waals surface area (Å²) in [4.78, 5) is 24.0. The molecule has 1 aliphatic carbocycles. The van der Waals surface area contributed by atoms with E-state index in [1.807, 2.05) is 6.92 Å². The lowest BCUT2D eigenvalue weighted by Crippen LogP contribution is -2.24. The monoisotopic (exact) mass is 465 g/mol. The summed E-state index contributed by atoms with van der Waals surface area (Å²) in [5.41, 5.74) is 0.671. The first-order valence-electron chi connectivity index (χ1n) is 10.3. The zero-order valence-electron chi connectivity index (χ0n) is 17.4. The topological polar surface area (TPSA) is 110 Å². The number of anilines is 1. The number of nitrogens with zero attached hydrogens (tertiary/aromatic N) is 2. The fourth-order valence-corrected chi connectivity index (χ4v) is 4.82. The molecule has 3 rings (SSSR count). The van der Waals surface area contributed by atoms with Gasteiger partial charge in [0, 0.05) is 59.4 Å². The molecule has 10 heteroatoms. The number of oxime groups is 1. The number of rotatable bonds is 13. The summed E-state index contributed by atoms with van der Waals surface area (Å²) in [5, 5.41) is 16.5. The number of aromatic nitrogens is 1. The number of hydrogen-bond acceptors (Lipinski definition) is 8. The molecule has 1 saturated carbocycles. The van der Waals surface area contributed by atoms with Gasteiger partial charge in [-0.05, 0) is 31.9 Å². The van der Waals surface area contributed by atoms with Crippen molar-refractivity contribution >= 4 is 38.9 Å². The second-order valence-electron chi connectivity index (χ2n) is 6.90. The van der Waals surface area contributed by atoms with Gasteiger partial charge in [-0.25, -0.2) is 4.98 Å². The molecule has 1 atom stereocenters. The van der Waals surface area contributed by atoms with Crippen LogP contribution in [0.4, 0.5) is 5.13 Å². The molecule has 31 heavy (non-hydrogen) atoms. The van der Waals surface area contributed by atoms with Gasteiger partial charge in [-0.15, -0.1) is 11.3 Å². The molecule has 2 aromatic rings. The molecule has 1 aliphatic rings. The minimum atomic E-state index is -1.01. The number of nitrogens with one attached hydrogen (secondary N) is 1. The molecule has 0 radical (unpaired) electrons. The Kier molecular flexibility index (Phi) is 9.13. The van der Waals surface area contributed by atoms with Crippen LogP contribution in [0.1, 0.15) is 36.6 Å². The van der Waals surface area contributed by atoms with E-state index in [9.17, 15) is 9.00 Å². The lowest BCUT2D eigenvalue weighted by atomic mass is 10.1. The summed E-state index contributed by atoms with van der Waals surface area (Å²) in [5.74, 6) is -0.453. The van der Waals surface area contributed by atoms with Gasteiger partial charge in [0.15, 0.2) is 10.8 Å². The van der Waals surface area contributed by atoms with Gasteiger partial charge in [-0.2, -0.15) is 0 Å². The molecule has 1 heterocycles. The summed E-state index contributed by atoms with van der Waals surface area (Å²) in [6.07, 6.45) is 4.75. The predicted molar refractivity (Wildman–Crippen MR) is 121 cm³/mol. The van der Waals surface area contributed by atoms with Crippen LogP contribution in [0.25, 0.3) is 0 Å². The largest absolute Gasteiger partial charge is 0.396 e. The molecular weight excluding hydrogens is 438 g/mol. The summed E-state index contributed by atoms with van der Waals surface area (Å²) >= 11 is 1.30. The Balaban J connectivity index is 1.71. The van der Waals surface area contributed by atoms with Crippen LogP contribution in [0.15, 0.2) is 40.5 Å². The second-order valence-corrected chi connectivity index (χ2v) is 9.75. The Labute approximate surface area is 188 Å². The van der Waals surface area contributed by atoms with Crippen molar-refractivity contribution in [3.05, 3.63) is 40.9 Å². The van der Waals surface area contributed by atoms with Gasteiger partial charge in [-0.1, -0.05) is 17.3 Å². The van der Waals surface area contributed by atoms with Crippen LogP contribution < -0.4 is 5.32 Å². The Morgan fingerprint density at radius 2 is 2.10 bits per heavy atom. The number of aliphatic hydroxyl groups is 1. The number of carbonyl (C=O) groups is 1. The third kappa shape index (κ3) is 7.20. The molecule has 0 bridgehead atoms. The maximum Gasteiger partial charge on any atom is 0.280 e. The summed E-state index contributed by atoms with van der Waals surface area (Å²) in [6.45, 7) is 3.45. The van der Waals surface area contributed by atoms with E-state index in [0.717, 1.165) is 22.6 Å². The molecule has 1 fully saturated rings. The van der Waals surface area contributed by atoms with E-state index in [1.54, 1.807) is 30.5 Å². The summed E-state index contributed by atoms with van der Waals surface area (Å²) in [6, 6.07) is 7.00. The number of benzene rings is 1. The van der Waals surface area contributed by atoms with Crippen LogP contribution in [-0.2, 0) is 31.6 Å². The molecule has 0 saturated heterocycles. The van der Waals surface area contributed by atoms with Crippen molar-refractivity contribution in [2.45, 2.75) is 42.8 Å². The first-order valence-corrected chi connectivity index (χ1v) is 12.3. The molecule has 8 nitrogen and oxygen atoms in total. The Morgan fingerprint density at radius 1 is 1.32 bits per heavy atom. The Hall–Kier alpha value is -2.14. The van der Waals surface area contributed by atoms with Crippen molar-refractivity contribution in [2.75, 3.05) is 31.7 Å². The molecule has 0 aliphatic heterocycles. The smallest absolute Gasteiger partial charge is 0.280 e. The van der Waals surface area contributed by atoms with Gasteiger partial charge in [0.05, 0.1) is 10.8 Å². The molecule has 2 N–H and O–H groups in total. The van der Waals surface area contributed by atoms with E-state index in [-0.39, 0.29) is 17.6 Å². The maximum absolute atomic E-state index is 12.9. The Morgan fingerprint density at radius 3 is 2.77 bits per heavy atom. The highest BCUT2D eigenvalue weighted by Gasteiger charge is 2.29. The molecule has 1 aromatic heterocycles. The Bertz CT molecular complexity index is 910. The predicted octanol–water partition coefficient (Wildman–Crippen LogP) is 2.73. The summed E-state index contributed by atoms with van der Waals surface area (Å²) in [7, 11) is -1.01. The van der Waals surface area contributed by atoms with Crippen molar-refractivity contribution in [1.29, 1.82) is 0 Å². The van der Waals surface area contributed by atoms with Crippen LogP contribution >= 0.6 is 11.3 Å². The number of hydrogen-bond donors (Lipinski definition) is 2. The van der Waals surface area contributed by atoms with E-state index in [4.69, 9.17) is 14.7 Å². The van der Waals surface area contributed by atoms with Crippen molar-refractivity contribution in [1.82, 2.24) is 4.98 Å². The normalized spacial score (nSPS) is 15.0. The van der Waals surface area contributed by atoms with Crippen LogP contribution in [0.2, 0.25) is 0 Å². The summed E-state index contributed by atoms with van der Waals surface area (Å²) < 4.78 is 17.6. The number of amides is 1. The van der Waals surface area contributed by atoms with Crippen LogP contribution in [0.3, 0.4) is 0 Å². The number of ether oxygens (including phenoxy) is 1. The van der Waals surface area contributed by atoms with Gasteiger partial charge < -0.3 is 14.7 Å². The van der Waals surface area contributed by atoms with E-state index < -0.39 is 16.7 Å². The van der Waals surface area contributed by atoms with Crippen LogP contribution in [-0.4, -0.2) is 57.6 Å². The third-order valence-corrected chi connectivity index (χ3v) is 7.20. The van der Waals surface area contributed by atoms with Crippen LogP contribution in [0.5, 0.6) is 0 Å². The quantitative estimate of drug-likeness (QED) is 0.267. The zero-order chi connectivity index (χ0) is 22.1. The number of aliphatic hydroxyl groups excluding tert-OH is 1.